The molecule has 1 saturated heterocycles. The number of anilines is 1. The zero-order valence-electron chi connectivity index (χ0n) is 22.1. The van der Waals surface area contributed by atoms with E-state index in [1.165, 1.54) is 12.1 Å². The normalized spacial score (nSPS) is 23.2. The number of hydrogen-bond donors (Lipinski definition) is 3. The quantitative estimate of drug-likeness (QED) is 0.401. The Morgan fingerprint density at radius 1 is 1.24 bits per heavy atom. The van der Waals surface area contributed by atoms with Gasteiger partial charge in [-0.1, -0.05) is 13.3 Å². The molecule has 1 fully saturated rings. The number of hydrogen-bond acceptors (Lipinski definition) is 6. The second-order valence-electron chi connectivity index (χ2n) is 10.7. The first-order chi connectivity index (χ1) is 17.7. The molecule has 0 saturated carbocycles. The van der Waals surface area contributed by atoms with Gasteiger partial charge in [-0.05, 0) is 69.4 Å². The van der Waals surface area contributed by atoms with E-state index < -0.39 is 5.54 Å². The highest BCUT2D eigenvalue weighted by atomic mass is 19.1. The van der Waals surface area contributed by atoms with Crippen molar-refractivity contribution in [2.45, 2.75) is 58.7 Å². The summed E-state index contributed by atoms with van der Waals surface area (Å²) in [6.07, 6.45) is 4.71. The number of guanidine groups is 1. The van der Waals surface area contributed by atoms with E-state index in [0.717, 1.165) is 56.8 Å². The zero-order chi connectivity index (χ0) is 26.4. The molecule has 1 amide bonds. The summed E-state index contributed by atoms with van der Waals surface area (Å²) in [5.74, 6) is 0.350. The lowest BCUT2D eigenvalue weighted by Gasteiger charge is -2.39. The maximum atomic E-state index is 13.4. The van der Waals surface area contributed by atoms with Crippen LogP contribution in [0.3, 0.4) is 0 Å². The number of aromatic amines is 1. The van der Waals surface area contributed by atoms with Crippen LogP contribution in [-0.2, 0) is 9.53 Å². The molecule has 2 aromatic rings. The summed E-state index contributed by atoms with van der Waals surface area (Å²) < 4.78 is 18.8. The number of amides is 1. The van der Waals surface area contributed by atoms with Crippen LogP contribution in [0, 0.1) is 17.7 Å². The predicted octanol–water partition coefficient (Wildman–Crippen LogP) is 4.06. The number of rotatable bonds is 6. The second kappa shape index (κ2) is 12.0. The Balaban J connectivity index is 1.46. The molecule has 0 bridgehead atoms. The minimum Gasteiger partial charge on any atom is -0.379 e. The van der Waals surface area contributed by atoms with Gasteiger partial charge in [0.25, 0.3) is 0 Å². The average Bonchev–Trinajstić information content (AvgIpc) is 3.32. The molecule has 200 valence electrons. The summed E-state index contributed by atoms with van der Waals surface area (Å²) in [5, 5.41) is 13.4. The van der Waals surface area contributed by atoms with Crippen molar-refractivity contribution >= 4 is 23.9 Å². The van der Waals surface area contributed by atoms with E-state index in [2.05, 4.69) is 37.6 Å². The smallest absolute Gasteiger partial charge is 0.235 e. The van der Waals surface area contributed by atoms with Crippen molar-refractivity contribution in [3.8, 4) is 11.3 Å². The van der Waals surface area contributed by atoms with Crippen molar-refractivity contribution in [1.29, 1.82) is 0 Å². The number of ether oxygens (including phenoxy) is 1. The number of aliphatic imine (C=N–C) groups is 2. The molecule has 0 radical (unpaired) electrons. The molecule has 0 aliphatic carbocycles. The van der Waals surface area contributed by atoms with Gasteiger partial charge < -0.3 is 10.1 Å². The lowest BCUT2D eigenvalue weighted by Crippen LogP contribution is -2.50. The molecule has 2 aliphatic heterocycles. The SMILES string of the molecule is CCCC1CC(C(=O)NC(=NC(C)(C)C)Nc2cc(-c3ccc(F)cc3)[nH]n2)C=NC1N1CCOCC1. The summed E-state index contributed by atoms with van der Waals surface area (Å²) in [7, 11) is 0. The molecule has 1 aromatic carbocycles. The topological polar surface area (TPSA) is 107 Å². The Morgan fingerprint density at radius 2 is 1.97 bits per heavy atom. The third-order valence-electron chi connectivity index (χ3n) is 6.48. The Labute approximate surface area is 218 Å². The van der Waals surface area contributed by atoms with Crippen LogP contribution >= 0.6 is 0 Å². The number of benzene rings is 1. The molecule has 10 heteroatoms. The summed E-state index contributed by atoms with van der Waals surface area (Å²) in [6, 6.07) is 7.95. The summed E-state index contributed by atoms with van der Waals surface area (Å²) in [6.45, 7) is 11.2. The molecular weight excluding hydrogens is 473 g/mol. The van der Waals surface area contributed by atoms with Gasteiger partial charge in [0.2, 0.25) is 11.9 Å². The number of halogens is 1. The van der Waals surface area contributed by atoms with Crippen LogP contribution in [0.1, 0.15) is 47.0 Å². The van der Waals surface area contributed by atoms with Gasteiger partial charge in [-0.2, -0.15) is 5.10 Å². The monoisotopic (exact) mass is 511 g/mol. The minimum atomic E-state index is -0.432. The number of morpholine rings is 1. The van der Waals surface area contributed by atoms with Crippen LogP contribution in [0.4, 0.5) is 10.2 Å². The first-order valence-electron chi connectivity index (χ1n) is 13.1. The van der Waals surface area contributed by atoms with Crippen LogP contribution in [0.15, 0.2) is 40.3 Å². The first-order valence-corrected chi connectivity index (χ1v) is 13.1. The molecule has 1 aromatic heterocycles. The highest BCUT2D eigenvalue weighted by Crippen LogP contribution is 2.29. The van der Waals surface area contributed by atoms with Crippen molar-refractivity contribution < 1.29 is 13.9 Å². The van der Waals surface area contributed by atoms with E-state index in [1.54, 1.807) is 24.4 Å². The molecular formula is C27H38FN7O2. The second-order valence-corrected chi connectivity index (χ2v) is 10.7. The third-order valence-corrected chi connectivity index (χ3v) is 6.48. The summed E-state index contributed by atoms with van der Waals surface area (Å²) in [4.78, 5) is 25.3. The summed E-state index contributed by atoms with van der Waals surface area (Å²) >= 11 is 0. The molecule has 9 nitrogen and oxygen atoms in total. The fourth-order valence-corrected chi connectivity index (χ4v) is 4.79. The zero-order valence-corrected chi connectivity index (χ0v) is 22.1. The van der Waals surface area contributed by atoms with Crippen molar-refractivity contribution in [2.75, 3.05) is 31.6 Å². The largest absolute Gasteiger partial charge is 0.379 e. The fourth-order valence-electron chi connectivity index (χ4n) is 4.79. The van der Waals surface area contributed by atoms with E-state index in [-0.39, 0.29) is 23.8 Å². The number of nitrogens with one attached hydrogen (secondary N) is 3. The number of carbonyl (C=O) groups is 1. The molecule has 4 rings (SSSR count). The van der Waals surface area contributed by atoms with Crippen molar-refractivity contribution in [3.63, 3.8) is 0 Å². The van der Waals surface area contributed by atoms with Crippen LogP contribution in [-0.4, -0.2) is 71.2 Å². The number of H-pyrrole nitrogens is 1. The van der Waals surface area contributed by atoms with Gasteiger partial charge in [0.05, 0.1) is 30.4 Å². The molecule has 3 N–H and O–H groups in total. The van der Waals surface area contributed by atoms with Crippen LogP contribution in [0.2, 0.25) is 0 Å². The summed E-state index contributed by atoms with van der Waals surface area (Å²) in [5.41, 5.74) is 1.09. The molecule has 3 heterocycles. The molecule has 0 spiro atoms. The fraction of sp³-hybridized carbons (Fsp3) is 0.556. The van der Waals surface area contributed by atoms with Crippen molar-refractivity contribution in [1.82, 2.24) is 20.4 Å². The standard InChI is InChI=1S/C27H38FN7O2/c1-5-6-19-15-20(17-29-24(19)35-11-13-37-14-12-35)25(36)31-26(32-27(2,3)4)30-23-16-22(33-34-23)18-7-9-21(28)10-8-18/h7-10,16-17,19-20,24H,5-6,11-15H2,1-4H3,(H3,30,31,32,33,34,36). The lowest BCUT2D eigenvalue weighted by molar-refractivity contribution is -0.122. The lowest BCUT2D eigenvalue weighted by atomic mass is 9.85. The molecule has 37 heavy (non-hydrogen) atoms. The van der Waals surface area contributed by atoms with Gasteiger partial charge in [0, 0.05) is 25.4 Å². The maximum Gasteiger partial charge on any atom is 0.235 e. The molecule has 3 atom stereocenters. The van der Waals surface area contributed by atoms with Gasteiger partial charge in [0.15, 0.2) is 5.82 Å². The third kappa shape index (κ3) is 7.45. The van der Waals surface area contributed by atoms with E-state index in [0.29, 0.717) is 17.7 Å². The van der Waals surface area contributed by atoms with Crippen molar-refractivity contribution in [3.05, 3.63) is 36.1 Å². The Hall–Kier alpha value is -3.11. The highest BCUT2D eigenvalue weighted by Gasteiger charge is 2.35. The van der Waals surface area contributed by atoms with Gasteiger partial charge in [-0.25, -0.2) is 9.38 Å². The van der Waals surface area contributed by atoms with Gasteiger partial charge >= 0.3 is 0 Å². The number of carbonyl (C=O) groups excluding carboxylic acids is 1. The number of nitrogens with zero attached hydrogens (tertiary/aromatic N) is 4. The number of aromatic nitrogens is 2. The molecule has 3 unspecified atom stereocenters. The average molecular weight is 512 g/mol. The van der Waals surface area contributed by atoms with Crippen molar-refractivity contribution in [2.24, 2.45) is 21.8 Å². The maximum absolute atomic E-state index is 13.4. The van der Waals surface area contributed by atoms with Gasteiger partial charge in [-0.3, -0.25) is 25.1 Å². The van der Waals surface area contributed by atoms with Crippen LogP contribution in [0.5, 0.6) is 0 Å². The van der Waals surface area contributed by atoms with E-state index in [1.807, 2.05) is 20.8 Å². The predicted molar refractivity (Wildman–Crippen MR) is 144 cm³/mol. The van der Waals surface area contributed by atoms with E-state index >= 15 is 0 Å². The molecule has 2 aliphatic rings. The Kier molecular flexibility index (Phi) is 8.71. The van der Waals surface area contributed by atoms with Crippen LogP contribution < -0.4 is 10.6 Å². The van der Waals surface area contributed by atoms with E-state index in [9.17, 15) is 9.18 Å². The Bertz CT molecular complexity index is 1100. The van der Waals surface area contributed by atoms with Crippen LogP contribution in [0.25, 0.3) is 11.3 Å². The first kappa shape index (κ1) is 26.9. The van der Waals surface area contributed by atoms with E-state index in [4.69, 9.17) is 9.73 Å². The van der Waals surface area contributed by atoms with Gasteiger partial charge in [0.1, 0.15) is 12.0 Å². The van der Waals surface area contributed by atoms with Gasteiger partial charge in [-0.15, -0.1) is 0 Å². The Morgan fingerprint density at radius 3 is 2.65 bits per heavy atom. The minimum absolute atomic E-state index is 0.0997. The highest BCUT2D eigenvalue weighted by molar-refractivity contribution is 6.08.